The van der Waals surface area contributed by atoms with E-state index in [2.05, 4.69) is 15.1 Å². The van der Waals surface area contributed by atoms with Crippen molar-refractivity contribution in [1.82, 2.24) is 4.90 Å². The van der Waals surface area contributed by atoms with Crippen LogP contribution >= 0.6 is 11.6 Å². The first-order chi connectivity index (χ1) is 15.6. The summed E-state index contributed by atoms with van der Waals surface area (Å²) in [6.07, 6.45) is 0. The lowest BCUT2D eigenvalue weighted by Crippen LogP contribution is -2.50. The number of methoxy groups -OCH3 is 1. The van der Waals surface area contributed by atoms with Gasteiger partial charge in [0.1, 0.15) is 17.5 Å². The van der Waals surface area contributed by atoms with Gasteiger partial charge in [-0.25, -0.2) is 0 Å². The molecule has 2 N–H and O–H groups in total. The van der Waals surface area contributed by atoms with Gasteiger partial charge < -0.3 is 20.1 Å². The topological polar surface area (TPSA) is 65.0 Å². The highest BCUT2D eigenvalue weighted by Crippen LogP contribution is 2.31. The highest BCUT2D eigenvalue weighted by atomic mass is 35.5. The van der Waals surface area contributed by atoms with Crippen LogP contribution in [0.3, 0.4) is 0 Å². The van der Waals surface area contributed by atoms with Crippen LogP contribution in [-0.4, -0.2) is 49.2 Å². The fourth-order valence-electron chi connectivity index (χ4n) is 4.07. The number of carbonyl (C=O) groups is 1. The monoisotopic (exact) mass is 451 g/mol. The first-order valence-electron chi connectivity index (χ1n) is 10.5. The molecule has 1 aliphatic rings. The van der Waals surface area contributed by atoms with E-state index >= 15 is 0 Å². The molecule has 0 aromatic heterocycles. The minimum absolute atomic E-state index is 0.117. The van der Waals surface area contributed by atoms with E-state index in [4.69, 9.17) is 16.3 Å². The Morgan fingerprint density at radius 1 is 1.00 bits per heavy atom. The summed E-state index contributed by atoms with van der Waals surface area (Å²) >= 11 is 6.23. The fraction of sp³-hybridized carbons (Fsp3) is 0.240. The van der Waals surface area contributed by atoms with Gasteiger partial charge in [-0.15, -0.1) is 0 Å². The molecular formula is C25H26ClN3O3. The molecule has 1 unspecified atom stereocenters. The predicted octanol–water partition coefficient (Wildman–Crippen LogP) is 4.56. The summed E-state index contributed by atoms with van der Waals surface area (Å²) in [6.45, 7) is 2.79. The molecule has 166 valence electrons. The van der Waals surface area contributed by atoms with E-state index in [1.807, 2.05) is 48.5 Å². The van der Waals surface area contributed by atoms with Crippen LogP contribution < -0.4 is 15.0 Å². The molecule has 0 radical (unpaired) electrons. The number of nitrogens with one attached hydrogen (secondary N) is 1. The van der Waals surface area contributed by atoms with E-state index < -0.39 is 6.04 Å². The van der Waals surface area contributed by atoms with Gasteiger partial charge in [-0.1, -0.05) is 54.1 Å². The number of hydrogen-bond donors (Lipinski definition) is 2. The third kappa shape index (κ3) is 4.82. The number of halogens is 1. The van der Waals surface area contributed by atoms with E-state index in [1.165, 1.54) is 0 Å². The molecular weight excluding hydrogens is 426 g/mol. The van der Waals surface area contributed by atoms with Crippen molar-refractivity contribution in [3.63, 3.8) is 0 Å². The van der Waals surface area contributed by atoms with Crippen molar-refractivity contribution in [2.75, 3.05) is 43.5 Å². The highest BCUT2D eigenvalue weighted by molar-refractivity contribution is 6.32. The zero-order chi connectivity index (χ0) is 22.5. The fourth-order valence-corrected chi connectivity index (χ4v) is 4.33. The van der Waals surface area contributed by atoms with Crippen LogP contribution in [0.15, 0.2) is 72.8 Å². The average Bonchev–Trinajstić information content (AvgIpc) is 2.81. The van der Waals surface area contributed by atoms with Crippen molar-refractivity contribution in [3.8, 4) is 11.5 Å². The van der Waals surface area contributed by atoms with Gasteiger partial charge in [-0.05, 0) is 35.9 Å². The molecule has 0 aliphatic carbocycles. The summed E-state index contributed by atoms with van der Waals surface area (Å²) in [5.41, 5.74) is 2.37. The Kier molecular flexibility index (Phi) is 6.83. The number of amides is 1. The number of nitrogens with zero attached hydrogens (tertiary/aromatic N) is 2. The highest BCUT2D eigenvalue weighted by Gasteiger charge is 2.31. The number of benzene rings is 3. The van der Waals surface area contributed by atoms with Gasteiger partial charge in [-0.2, -0.15) is 0 Å². The summed E-state index contributed by atoms with van der Waals surface area (Å²) in [6, 6.07) is 21.9. The number of aromatic hydroxyl groups is 1. The number of carbonyl (C=O) groups excluding carboxylic acids is 1. The number of phenols is 1. The minimum atomic E-state index is -0.441. The van der Waals surface area contributed by atoms with Crippen LogP contribution in [-0.2, 0) is 4.79 Å². The summed E-state index contributed by atoms with van der Waals surface area (Å²) in [7, 11) is 1.56. The molecule has 7 heteroatoms. The first-order valence-corrected chi connectivity index (χ1v) is 10.9. The van der Waals surface area contributed by atoms with Gasteiger partial charge in [0, 0.05) is 31.9 Å². The quantitative estimate of drug-likeness (QED) is 0.575. The third-order valence-electron chi connectivity index (χ3n) is 5.68. The molecule has 1 atom stereocenters. The van der Waals surface area contributed by atoms with Crippen LogP contribution in [0, 0.1) is 0 Å². The van der Waals surface area contributed by atoms with Crippen LogP contribution in [0.25, 0.3) is 0 Å². The first kappa shape index (κ1) is 22.0. The Morgan fingerprint density at radius 2 is 1.69 bits per heavy atom. The zero-order valence-corrected chi connectivity index (χ0v) is 18.6. The van der Waals surface area contributed by atoms with Crippen LogP contribution in [0.4, 0.5) is 11.4 Å². The maximum absolute atomic E-state index is 13.4. The SMILES string of the molecule is COc1ccc(NC(=O)C(c2ccccc2)N2CCN(c3ccccc3O)CC2)cc1Cl. The standard InChI is InChI=1S/C25H26ClN3O3/c1-32-23-12-11-19(17-20(23)26)27-25(31)24(18-7-3-2-4-8-18)29-15-13-28(14-16-29)21-9-5-6-10-22(21)30/h2-12,17,24,30H,13-16H2,1H3,(H,27,31). The number of phenolic OH excluding ortho intramolecular Hbond substituents is 1. The van der Waals surface area contributed by atoms with Crippen molar-refractivity contribution in [1.29, 1.82) is 0 Å². The molecule has 1 amide bonds. The van der Waals surface area contributed by atoms with Gasteiger partial charge in [0.15, 0.2) is 0 Å². The van der Waals surface area contributed by atoms with E-state index in [-0.39, 0.29) is 11.7 Å². The summed E-state index contributed by atoms with van der Waals surface area (Å²) in [4.78, 5) is 17.7. The molecule has 3 aromatic rings. The van der Waals surface area contributed by atoms with Gasteiger partial charge >= 0.3 is 0 Å². The lowest BCUT2D eigenvalue weighted by Gasteiger charge is -2.39. The molecule has 0 spiro atoms. The third-order valence-corrected chi connectivity index (χ3v) is 5.98. The second kappa shape index (κ2) is 9.94. The second-order valence-electron chi connectivity index (χ2n) is 7.66. The minimum Gasteiger partial charge on any atom is -0.506 e. The number of piperazine rings is 1. The number of hydrogen-bond acceptors (Lipinski definition) is 5. The summed E-state index contributed by atoms with van der Waals surface area (Å²) < 4.78 is 5.20. The number of anilines is 2. The number of rotatable bonds is 6. The number of ether oxygens (including phenoxy) is 1. The van der Waals surface area contributed by atoms with E-state index in [0.29, 0.717) is 42.6 Å². The van der Waals surface area contributed by atoms with Gasteiger partial charge in [-0.3, -0.25) is 9.69 Å². The van der Waals surface area contributed by atoms with E-state index in [0.717, 1.165) is 11.3 Å². The van der Waals surface area contributed by atoms with Crippen molar-refractivity contribution >= 4 is 28.9 Å². The molecule has 6 nitrogen and oxygen atoms in total. The Balaban J connectivity index is 1.52. The van der Waals surface area contributed by atoms with Gasteiger partial charge in [0.25, 0.3) is 0 Å². The largest absolute Gasteiger partial charge is 0.506 e. The lowest BCUT2D eigenvalue weighted by molar-refractivity contribution is -0.121. The molecule has 0 bridgehead atoms. The van der Waals surface area contributed by atoms with Crippen LogP contribution in [0.5, 0.6) is 11.5 Å². The molecule has 3 aromatic carbocycles. The molecule has 1 fully saturated rings. The van der Waals surface area contributed by atoms with Crippen molar-refractivity contribution in [2.24, 2.45) is 0 Å². The van der Waals surface area contributed by atoms with Gasteiger partial charge in [0.2, 0.25) is 5.91 Å². The Labute approximate surface area is 193 Å². The normalized spacial score (nSPS) is 15.2. The maximum atomic E-state index is 13.4. The molecule has 1 saturated heterocycles. The average molecular weight is 452 g/mol. The maximum Gasteiger partial charge on any atom is 0.246 e. The van der Waals surface area contributed by atoms with Crippen molar-refractivity contribution < 1.29 is 14.6 Å². The van der Waals surface area contributed by atoms with Gasteiger partial charge in [0.05, 0.1) is 17.8 Å². The Bertz CT molecular complexity index is 1070. The second-order valence-corrected chi connectivity index (χ2v) is 8.07. The molecule has 4 rings (SSSR count). The Morgan fingerprint density at radius 3 is 2.34 bits per heavy atom. The van der Waals surface area contributed by atoms with E-state index in [1.54, 1.807) is 31.4 Å². The van der Waals surface area contributed by atoms with Crippen molar-refractivity contribution in [3.05, 3.63) is 83.4 Å². The summed E-state index contributed by atoms with van der Waals surface area (Å²) in [5, 5.41) is 13.6. The van der Waals surface area contributed by atoms with E-state index in [9.17, 15) is 9.90 Å². The molecule has 32 heavy (non-hydrogen) atoms. The lowest BCUT2D eigenvalue weighted by atomic mass is 10.0. The Hall–Kier alpha value is -3.22. The molecule has 1 heterocycles. The molecule has 1 aliphatic heterocycles. The zero-order valence-electron chi connectivity index (χ0n) is 17.9. The smallest absolute Gasteiger partial charge is 0.246 e. The van der Waals surface area contributed by atoms with Crippen molar-refractivity contribution in [2.45, 2.75) is 6.04 Å². The summed E-state index contributed by atoms with van der Waals surface area (Å²) in [5.74, 6) is 0.715. The molecule has 0 saturated carbocycles. The van der Waals surface area contributed by atoms with Crippen LogP contribution in [0.1, 0.15) is 11.6 Å². The predicted molar refractivity (Wildman–Crippen MR) is 128 cm³/mol. The van der Waals surface area contributed by atoms with Crippen LogP contribution in [0.2, 0.25) is 5.02 Å². The number of para-hydroxylation sites is 2.